The standard InChI is InChI=1S/C22H19FN2/c1-25-21(17-12-6-3-7-13-17)20(16-10-4-2-5-11-16)24-22(25)18-14-8-9-15-19(18)23/h2-15,20-21H,1H3/t20-,21-/m0/s1. The summed E-state index contributed by atoms with van der Waals surface area (Å²) in [7, 11) is 1.99. The molecule has 1 aliphatic rings. The molecule has 3 aromatic carbocycles. The van der Waals surface area contributed by atoms with E-state index in [9.17, 15) is 4.39 Å². The first-order chi connectivity index (χ1) is 12.3. The van der Waals surface area contributed by atoms with E-state index in [4.69, 9.17) is 4.99 Å². The van der Waals surface area contributed by atoms with Crippen LogP contribution in [0, 0.1) is 5.82 Å². The number of hydrogen-bond donors (Lipinski definition) is 0. The quantitative estimate of drug-likeness (QED) is 0.660. The van der Waals surface area contributed by atoms with Crippen LogP contribution in [0.4, 0.5) is 4.39 Å². The molecule has 0 saturated carbocycles. The first-order valence-corrected chi connectivity index (χ1v) is 8.41. The van der Waals surface area contributed by atoms with Crippen molar-refractivity contribution in [2.45, 2.75) is 12.1 Å². The van der Waals surface area contributed by atoms with Crippen LogP contribution < -0.4 is 0 Å². The summed E-state index contributed by atoms with van der Waals surface area (Å²) in [6.07, 6.45) is 0. The predicted octanol–water partition coefficient (Wildman–Crippen LogP) is 5.00. The molecule has 0 spiro atoms. The van der Waals surface area contributed by atoms with Gasteiger partial charge in [-0.15, -0.1) is 0 Å². The SMILES string of the molecule is CN1C(c2ccccc2F)=N[C@@H](c2ccccc2)[C@@H]1c1ccccc1. The van der Waals surface area contributed by atoms with E-state index in [2.05, 4.69) is 29.2 Å². The molecule has 0 unspecified atom stereocenters. The van der Waals surface area contributed by atoms with Gasteiger partial charge in [-0.05, 0) is 23.3 Å². The highest BCUT2D eigenvalue weighted by atomic mass is 19.1. The van der Waals surface area contributed by atoms with E-state index >= 15 is 0 Å². The van der Waals surface area contributed by atoms with Crippen LogP contribution in [0.15, 0.2) is 89.9 Å². The average Bonchev–Trinajstić information content (AvgIpc) is 3.01. The highest BCUT2D eigenvalue weighted by Crippen LogP contribution is 2.42. The molecule has 1 aliphatic heterocycles. The maximum atomic E-state index is 14.4. The molecule has 0 fully saturated rings. The molecule has 0 saturated heterocycles. The molecule has 0 aliphatic carbocycles. The highest BCUT2D eigenvalue weighted by molar-refractivity contribution is 6.00. The molecule has 3 heteroatoms. The molecule has 124 valence electrons. The molecule has 2 atom stereocenters. The average molecular weight is 330 g/mol. The largest absolute Gasteiger partial charge is 0.350 e. The fraction of sp³-hybridized carbons (Fsp3) is 0.136. The van der Waals surface area contributed by atoms with E-state index in [1.165, 1.54) is 11.6 Å². The van der Waals surface area contributed by atoms with Gasteiger partial charge in [-0.25, -0.2) is 4.39 Å². The molecular formula is C22H19FN2. The van der Waals surface area contributed by atoms with Crippen molar-refractivity contribution in [2.75, 3.05) is 7.05 Å². The minimum Gasteiger partial charge on any atom is -0.350 e. The number of benzene rings is 3. The Kier molecular flexibility index (Phi) is 4.06. The van der Waals surface area contributed by atoms with Crippen LogP contribution in [0.3, 0.4) is 0 Å². The second kappa shape index (κ2) is 6.52. The zero-order valence-electron chi connectivity index (χ0n) is 14.0. The smallest absolute Gasteiger partial charge is 0.134 e. The van der Waals surface area contributed by atoms with E-state index in [0.717, 1.165) is 5.56 Å². The molecule has 0 bridgehead atoms. The Bertz CT molecular complexity index is 890. The Labute approximate surface area is 147 Å². The van der Waals surface area contributed by atoms with E-state index in [0.29, 0.717) is 11.4 Å². The molecule has 4 rings (SSSR count). The van der Waals surface area contributed by atoms with E-state index in [1.54, 1.807) is 12.1 Å². The molecule has 0 aromatic heterocycles. The van der Waals surface area contributed by atoms with Gasteiger partial charge in [0.05, 0.1) is 11.6 Å². The van der Waals surface area contributed by atoms with Crippen LogP contribution >= 0.6 is 0 Å². The molecule has 0 N–H and O–H groups in total. The Morgan fingerprint density at radius 2 is 1.32 bits per heavy atom. The van der Waals surface area contributed by atoms with Crippen molar-refractivity contribution in [3.05, 3.63) is 107 Å². The Morgan fingerprint density at radius 3 is 1.96 bits per heavy atom. The van der Waals surface area contributed by atoms with Crippen molar-refractivity contribution in [1.29, 1.82) is 0 Å². The maximum Gasteiger partial charge on any atom is 0.134 e. The minimum absolute atomic E-state index is 0.0400. The molecule has 3 aromatic rings. The summed E-state index contributed by atoms with van der Waals surface area (Å²) in [6.45, 7) is 0. The van der Waals surface area contributed by atoms with Gasteiger partial charge in [0, 0.05) is 7.05 Å². The number of halogens is 1. The fourth-order valence-corrected chi connectivity index (χ4v) is 3.50. The second-order valence-electron chi connectivity index (χ2n) is 6.25. The third-order valence-electron chi connectivity index (χ3n) is 4.71. The Balaban J connectivity index is 1.83. The second-order valence-corrected chi connectivity index (χ2v) is 6.25. The summed E-state index contributed by atoms with van der Waals surface area (Å²) >= 11 is 0. The van der Waals surface area contributed by atoms with Gasteiger partial charge in [-0.1, -0.05) is 72.8 Å². The lowest BCUT2D eigenvalue weighted by atomic mass is 9.94. The van der Waals surface area contributed by atoms with Crippen LogP contribution in [0.2, 0.25) is 0 Å². The zero-order valence-corrected chi connectivity index (χ0v) is 14.0. The van der Waals surface area contributed by atoms with Crippen molar-refractivity contribution < 1.29 is 4.39 Å². The van der Waals surface area contributed by atoms with Gasteiger partial charge in [0.1, 0.15) is 17.7 Å². The lowest BCUT2D eigenvalue weighted by Gasteiger charge is -2.27. The van der Waals surface area contributed by atoms with Crippen molar-refractivity contribution in [3.63, 3.8) is 0 Å². The molecule has 25 heavy (non-hydrogen) atoms. The van der Waals surface area contributed by atoms with Gasteiger partial charge >= 0.3 is 0 Å². The lowest BCUT2D eigenvalue weighted by molar-refractivity contribution is 0.363. The number of hydrogen-bond acceptors (Lipinski definition) is 2. The van der Waals surface area contributed by atoms with Gasteiger partial charge in [-0.2, -0.15) is 0 Å². The first-order valence-electron chi connectivity index (χ1n) is 8.41. The highest BCUT2D eigenvalue weighted by Gasteiger charge is 2.37. The van der Waals surface area contributed by atoms with Gasteiger partial charge in [0.25, 0.3) is 0 Å². The number of nitrogens with zero attached hydrogens (tertiary/aromatic N) is 2. The maximum absolute atomic E-state index is 14.4. The summed E-state index contributed by atoms with van der Waals surface area (Å²) in [6, 6.07) is 27.3. The van der Waals surface area contributed by atoms with E-state index in [1.807, 2.05) is 49.5 Å². The van der Waals surface area contributed by atoms with Crippen LogP contribution in [-0.4, -0.2) is 17.8 Å². The van der Waals surface area contributed by atoms with Crippen LogP contribution in [-0.2, 0) is 0 Å². The summed E-state index contributed by atoms with van der Waals surface area (Å²) in [5, 5.41) is 0. The van der Waals surface area contributed by atoms with Gasteiger partial charge in [0.15, 0.2) is 0 Å². The topological polar surface area (TPSA) is 15.6 Å². The van der Waals surface area contributed by atoms with Crippen LogP contribution in [0.1, 0.15) is 28.8 Å². The zero-order chi connectivity index (χ0) is 17.2. The van der Waals surface area contributed by atoms with E-state index < -0.39 is 0 Å². The number of aliphatic imine (C=N–C) groups is 1. The third-order valence-corrected chi connectivity index (χ3v) is 4.71. The van der Waals surface area contributed by atoms with Gasteiger partial charge in [0.2, 0.25) is 0 Å². The van der Waals surface area contributed by atoms with Crippen molar-refractivity contribution in [3.8, 4) is 0 Å². The summed E-state index contributed by atoms with van der Waals surface area (Å²) in [5.74, 6) is 0.453. The molecule has 1 heterocycles. The molecular weight excluding hydrogens is 311 g/mol. The van der Waals surface area contributed by atoms with Crippen molar-refractivity contribution >= 4 is 5.84 Å². The van der Waals surface area contributed by atoms with Crippen LogP contribution in [0.5, 0.6) is 0 Å². The van der Waals surface area contributed by atoms with Gasteiger partial charge < -0.3 is 4.90 Å². The minimum atomic E-state index is -0.242. The van der Waals surface area contributed by atoms with Gasteiger partial charge in [-0.3, -0.25) is 4.99 Å². The predicted molar refractivity (Wildman–Crippen MR) is 99.1 cm³/mol. The number of amidine groups is 1. The normalized spacial score (nSPS) is 19.8. The lowest BCUT2D eigenvalue weighted by Crippen LogP contribution is -2.28. The third kappa shape index (κ3) is 2.82. The molecule has 0 radical (unpaired) electrons. The molecule has 0 amide bonds. The van der Waals surface area contributed by atoms with Crippen molar-refractivity contribution in [1.82, 2.24) is 4.90 Å². The molecule has 2 nitrogen and oxygen atoms in total. The summed E-state index contributed by atoms with van der Waals surface area (Å²) in [4.78, 5) is 7.02. The fourth-order valence-electron chi connectivity index (χ4n) is 3.50. The van der Waals surface area contributed by atoms with Crippen LogP contribution in [0.25, 0.3) is 0 Å². The van der Waals surface area contributed by atoms with E-state index in [-0.39, 0.29) is 17.9 Å². The summed E-state index contributed by atoms with van der Waals surface area (Å²) < 4.78 is 14.4. The monoisotopic (exact) mass is 330 g/mol. The van der Waals surface area contributed by atoms with Crippen molar-refractivity contribution in [2.24, 2.45) is 4.99 Å². The first kappa shape index (κ1) is 15.6. The summed E-state index contributed by atoms with van der Waals surface area (Å²) in [5.41, 5.74) is 2.85. The Hall–Kier alpha value is -2.94. The Morgan fingerprint density at radius 1 is 0.760 bits per heavy atom. The number of likely N-dealkylation sites (N-methyl/N-ethyl adjacent to an activating group) is 1. The number of rotatable bonds is 3.